The van der Waals surface area contributed by atoms with Gasteiger partial charge in [0.2, 0.25) is 0 Å². The fourth-order valence-corrected chi connectivity index (χ4v) is 2.69. The average molecular weight is 306 g/mol. The monoisotopic (exact) mass is 306 g/mol. The van der Waals surface area contributed by atoms with Gasteiger partial charge in [-0.3, -0.25) is 4.79 Å². The van der Waals surface area contributed by atoms with Crippen molar-refractivity contribution in [3.05, 3.63) is 53.6 Å². The zero-order chi connectivity index (χ0) is 15.7. The van der Waals surface area contributed by atoms with E-state index in [1.807, 2.05) is 11.6 Å². The van der Waals surface area contributed by atoms with Gasteiger partial charge in [-0.1, -0.05) is 0 Å². The third-order valence-electron chi connectivity index (χ3n) is 3.82. The number of hydrogen-bond donors (Lipinski definition) is 1. The van der Waals surface area contributed by atoms with Crippen molar-refractivity contribution in [1.29, 1.82) is 0 Å². The Morgan fingerprint density at radius 2 is 2.23 bits per heavy atom. The number of carbonyl (C=O) groups excluding carboxylic acids is 1. The molecule has 0 spiro atoms. The van der Waals surface area contributed by atoms with Crippen molar-refractivity contribution in [3.63, 3.8) is 0 Å². The molecule has 7 heteroatoms. The minimum Gasteiger partial charge on any atom is -0.336 e. The lowest BCUT2D eigenvalue weighted by Gasteiger charge is -2.35. The number of aryl methyl sites for hydroxylation is 1. The molecule has 116 valence electrons. The lowest BCUT2D eigenvalue weighted by molar-refractivity contribution is 0.0616. The number of aromatic nitrogens is 2. The van der Waals surface area contributed by atoms with Crippen LogP contribution >= 0.6 is 0 Å². The number of imidazole rings is 1. The number of nitrogens with one attached hydrogen (secondary N) is 1. The molecule has 0 bridgehead atoms. The van der Waals surface area contributed by atoms with E-state index in [1.54, 1.807) is 17.3 Å². The highest BCUT2D eigenvalue weighted by atomic mass is 19.1. The van der Waals surface area contributed by atoms with E-state index < -0.39 is 17.5 Å². The normalized spacial score (nSPS) is 18.5. The van der Waals surface area contributed by atoms with Gasteiger partial charge >= 0.3 is 0 Å². The van der Waals surface area contributed by atoms with Crippen molar-refractivity contribution in [2.75, 3.05) is 19.6 Å². The summed E-state index contributed by atoms with van der Waals surface area (Å²) in [5, 5.41) is 3.21. The Balaban J connectivity index is 1.93. The number of piperazine rings is 1. The second-order valence-electron chi connectivity index (χ2n) is 5.24. The van der Waals surface area contributed by atoms with E-state index in [9.17, 15) is 13.6 Å². The quantitative estimate of drug-likeness (QED) is 0.914. The highest BCUT2D eigenvalue weighted by molar-refractivity contribution is 5.94. The molecule has 1 atom stereocenters. The van der Waals surface area contributed by atoms with Crippen LogP contribution in [0.25, 0.3) is 0 Å². The van der Waals surface area contributed by atoms with Crippen molar-refractivity contribution in [2.45, 2.75) is 6.04 Å². The van der Waals surface area contributed by atoms with Gasteiger partial charge in [0.25, 0.3) is 5.91 Å². The summed E-state index contributed by atoms with van der Waals surface area (Å²) < 4.78 is 28.7. The van der Waals surface area contributed by atoms with Crippen molar-refractivity contribution in [2.24, 2.45) is 7.05 Å². The second kappa shape index (κ2) is 5.84. The van der Waals surface area contributed by atoms with Crippen LogP contribution in [0.4, 0.5) is 8.78 Å². The summed E-state index contributed by atoms with van der Waals surface area (Å²) >= 11 is 0. The zero-order valence-corrected chi connectivity index (χ0v) is 12.1. The number of halogens is 2. The maximum Gasteiger partial charge on any atom is 0.257 e. The largest absolute Gasteiger partial charge is 0.336 e. The van der Waals surface area contributed by atoms with Gasteiger partial charge in [0, 0.05) is 45.1 Å². The van der Waals surface area contributed by atoms with E-state index >= 15 is 0 Å². The molecule has 5 nitrogen and oxygen atoms in total. The van der Waals surface area contributed by atoms with Crippen LogP contribution in [-0.4, -0.2) is 40.0 Å². The Labute approximate surface area is 126 Å². The third-order valence-corrected chi connectivity index (χ3v) is 3.82. The zero-order valence-electron chi connectivity index (χ0n) is 12.1. The van der Waals surface area contributed by atoms with E-state index in [1.165, 1.54) is 6.07 Å². The number of benzene rings is 1. The molecule has 1 aromatic heterocycles. The minimum absolute atomic E-state index is 0.123. The van der Waals surface area contributed by atoms with Gasteiger partial charge in [0.15, 0.2) is 0 Å². The van der Waals surface area contributed by atoms with E-state index in [4.69, 9.17) is 0 Å². The van der Waals surface area contributed by atoms with Crippen LogP contribution in [0, 0.1) is 11.6 Å². The molecule has 1 N–H and O–H groups in total. The average Bonchev–Trinajstić information content (AvgIpc) is 2.93. The summed E-state index contributed by atoms with van der Waals surface area (Å²) in [5.74, 6) is -1.27. The summed E-state index contributed by atoms with van der Waals surface area (Å²) in [6, 6.07) is 2.72. The smallest absolute Gasteiger partial charge is 0.257 e. The number of hydrogen-bond acceptors (Lipinski definition) is 3. The molecule has 1 fully saturated rings. The highest BCUT2D eigenvalue weighted by Gasteiger charge is 2.32. The first kappa shape index (κ1) is 14.6. The fourth-order valence-electron chi connectivity index (χ4n) is 2.69. The van der Waals surface area contributed by atoms with Gasteiger partial charge in [-0.2, -0.15) is 0 Å². The Hall–Kier alpha value is -2.28. The van der Waals surface area contributed by atoms with Crippen LogP contribution < -0.4 is 5.32 Å². The Morgan fingerprint density at radius 1 is 1.41 bits per heavy atom. The van der Waals surface area contributed by atoms with Gasteiger partial charge in [-0.15, -0.1) is 0 Å². The topological polar surface area (TPSA) is 50.2 Å². The molecule has 0 saturated carbocycles. The number of amides is 1. The van der Waals surface area contributed by atoms with Crippen LogP contribution in [0.3, 0.4) is 0 Å². The van der Waals surface area contributed by atoms with E-state index in [0.717, 1.165) is 18.0 Å². The number of nitrogens with zero attached hydrogens (tertiary/aromatic N) is 3. The molecule has 2 heterocycles. The van der Waals surface area contributed by atoms with Crippen LogP contribution in [0.5, 0.6) is 0 Å². The van der Waals surface area contributed by atoms with Gasteiger partial charge in [-0.25, -0.2) is 13.8 Å². The Bertz CT molecular complexity index is 701. The molecular formula is C15H16F2N4O. The predicted molar refractivity (Wildman–Crippen MR) is 76.2 cm³/mol. The first-order valence-electron chi connectivity index (χ1n) is 7.02. The van der Waals surface area contributed by atoms with E-state index in [2.05, 4.69) is 10.3 Å². The summed E-state index contributed by atoms with van der Waals surface area (Å²) in [6.45, 7) is 1.60. The van der Waals surface area contributed by atoms with Crippen molar-refractivity contribution >= 4 is 5.91 Å². The van der Waals surface area contributed by atoms with Crippen molar-refractivity contribution in [3.8, 4) is 0 Å². The predicted octanol–water partition coefficient (Wildman–Crippen LogP) is 1.49. The molecule has 2 aromatic rings. The summed E-state index contributed by atoms with van der Waals surface area (Å²) in [6.07, 6.45) is 3.45. The Kier molecular flexibility index (Phi) is 3.89. The molecule has 1 saturated heterocycles. The maximum atomic E-state index is 13.9. The molecule has 1 aromatic carbocycles. The van der Waals surface area contributed by atoms with Crippen LogP contribution in [0.15, 0.2) is 30.6 Å². The van der Waals surface area contributed by atoms with Crippen LogP contribution in [0.2, 0.25) is 0 Å². The highest BCUT2D eigenvalue weighted by Crippen LogP contribution is 2.23. The van der Waals surface area contributed by atoms with Gasteiger partial charge in [0.1, 0.15) is 23.5 Å². The van der Waals surface area contributed by atoms with Crippen LogP contribution in [-0.2, 0) is 7.05 Å². The summed E-state index contributed by atoms with van der Waals surface area (Å²) in [4.78, 5) is 18.5. The van der Waals surface area contributed by atoms with Gasteiger partial charge in [-0.05, 0) is 12.1 Å². The molecule has 1 amide bonds. The number of carbonyl (C=O) groups is 1. The van der Waals surface area contributed by atoms with Crippen molar-refractivity contribution < 1.29 is 13.6 Å². The molecule has 0 radical (unpaired) electrons. The summed E-state index contributed by atoms with van der Waals surface area (Å²) in [5.41, 5.74) is -0.123. The fraction of sp³-hybridized carbons (Fsp3) is 0.333. The van der Waals surface area contributed by atoms with E-state index in [0.29, 0.717) is 19.6 Å². The molecule has 3 rings (SSSR count). The molecule has 1 aliphatic rings. The molecule has 0 aliphatic carbocycles. The molecule has 22 heavy (non-hydrogen) atoms. The maximum absolute atomic E-state index is 13.9. The van der Waals surface area contributed by atoms with Crippen LogP contribution in [0.1, 0.15) is 22.2 Å². The minimum atomic E-state index is -0.845. The molecule has 1 aliphatic heterocycles. The van der Waals surface area contributed by atoms with Gasteiger partial charge in [0.05, 0.1) is 5.56 Å². The number of rotatable bonds is 2. The second-order valence-corrected chi connectivity index (χ2v) is 5.24. The summed E-state index contributed by atoms with van der Waals surface area (Å²) in [7, 11) is 1.85. The lowest BCUT2D eigenvalue weighted by Crippen LogP contribution is -2.49. The standard InChI is InChI=1S/C15H16F2N4O/c1-20-6-5-19-14(20)13-9-18-4-7-21(13)15(22)11-3-2-10(16)8-12(11)17/h2-3,5-6,8,13,18H,4,7,9H2,1H3. The Morgan fingerprint density at radius 3 is 2.91 bits per heavy atom. The van der Waals surface area contributed by atoms with E-state index in [-0.39, 0.29) is 11.6 Å². The third kappa shape index (κ3) is 2.59. The first-order chi connectivity index (χ1) is 10.6. The lowest BCUT2D eigenvalue weighted by atomic mass is 10.1. The molecular weight excluding hydrogens is 290 g/mol. The van der Waals surface area contributed by atoms with Gasteiger partial charge < -0.3 is 14.8 Å². The SMILES string of the molecule is Cn1ccnc1C1CNCCN1C(=O)c1ccc(F)cc1F. The van der Waals surface area contributed by atoms with Crippen molar-refractivity contribution in [1.82, 2.24) is 19.8 Å². The first-order valence-corrected chi connectivity index (χ1v) is 7.02. The molecule has 1 unspecified atom stereocenters.